The maximum Gasteiger partial charge on any atom is 0.307 e. The number of rotatable bonds is 5. The monoisotopic (exact) mass is 313 g/mol. The Morgan fingerprint density at radius 1 is 1.39 bits per heavy atom. The van der Waals surface area contributed by atoms with Crippen LogP contribution in [0, 0.1) is 0 Å². The average Bonchev–Trinajstić information content (AvgIpc) is 2.38. The van der Waals surface area contributed by atoms with Crippen LogP contribution in [0.5, 0.6) is 0 Å². The number of hydrogen-bond acceptors (Lipinski definition) is 3. The van der Waals surface area contributed by atoms with E-state index in [1.54, 1.807) is 17.0 Å². The van der Waals surface area contributed by atoms with Gasteiger partial charge in [0.1, 0.15) is 0 Å². The smallest absolute Gasteiger partial charge is 0.307 e. The molecule has 0 fully saturated rings. The lowest BCUT2D eigenvalue weighted by molar-refractivity contribution is -0.140. The van der Waals surface area contributed by atoms with E-state index in [0.29, 0.717) is 18.7 Å². The van der Waals surface area contributed by atoms with Crippen molar-refractivity contribution in [2.45, 2.75) is 13.3 Å². The predicted octanol–water partition coefficient (Wildman–Crippen LogP) is 2.47. The van der Waals surface area contributed by atoms with Crippen molar-refractivity contribution in [2.24, 2.45) is 0 Å². The maximum absolute atomic E-state index is 12.2. The second-order valence-electron chi connectivity index (χ2n) is 3.72. The highest BCUT2D eigenvalue weighted by Gasteiger charge is 2.15. The quantitative estimate of drug-likeness (QED) is 0.785. The summed E-state index contributed by atoms with van der Waals surface area (Å²) in [6.45, 7) is 2.81. The van der Waals surface area contributed by atoms with E-state index in [1.807, 2.05) is 19.1 Å². The second kappa shape index (κ2) is 7.16. The summed E-state index contributed by atoms with van der Waals surface area (Å²) >= 11 is 3.33. The van der Waals surface area contributed by atoms with E-state index in [2.05, 4.69) is 20.7 Å². The number of halogens is 1. The highest BCUT2D eigenvalue weighted by Crippen LogP contribution is 2.13. The van der Waals surface area contributed by atoms with Gasteiger partial charge in [0.15, 0.2) is 0 Å². The van der Waals surface area contributed by atoms with Crippen molar-refractivity contribution in [3.05, 3.63) is 34.3 Å². The minimum Gasteiger partial charge on any atom is -0.469 e. The molecule has 0 N–H and O–H groups in total. The second-order valence-corrected chi connectivity index (χ2v) is 4.64. The summed E-state index contributed by atoms with van der Waals surface area (Å²) < 4.78 is 5.42. The van der Waals surface area contributed by atoms with Crippen molar-refractivity contribution in [1.29, 1.82) is 0 Å². The zero-order valence-corrected chi connectivity index (χ0v) is 12.1. The Morgan fingerprint density at radius 2 is 2.11 bits per heavy atom. The van der Waals surface area contributed by atoms with Crippen LogP contribution in [0.4, 0.5) is 0 Å². The van der Waals surface area contributed by atoms with Crippen molar-refractivity contribution in [3.8, 4) is 0 Å². The van der Waals surface area contributed by atoms with Gasteiger partial charge in [0.2, 0.25) is 0 Å². The SMILES string of the molecule is CCN(CCC(=O)OC)C(=O)c1cccc(Br)c1. The standard InChI is InChI=1S/C13H16BrNO3/c1-3-15(8-7-12(16)18-2)13(17)10-5-4-6-11(14)9-10/h4-6,9H,3,7-8H2,1-2H3. The van der Waals surface area contributed by atoms with Gasteiger partial charge < -0.3 is 9.64 Å². The summed E-state index contributed by atoms with van der Waals surface area (Å²) in [4.78, 5) is 24.9. The van der Waals surface area contributed by atoms with Gasteiger partial charge in [-0.25, -0.2) is 0 Å². The molecule has 0 unspecified atom stereocenters. The van der Waals surface area contributed by atoms with Gasteiger partial charge in [-0.3, -0.25) is 9.59 Å². The van der Waals surface area contributed by atoms with E-state index in [9.17, 15) is 9.59 Å². The molecule has 0 aliphatic heterocycles. The molecule has 1 amide bonds. The lowest BCUT2D eigenvalue weighted by atomic mass is 10.2. The third-order valence-corrected chi connectivity index (χ3v) is 3.05. The van der Waals surface area contributed by atoms with Crippen LogP contribution >= 0.6 is 15.9 Å². The largest absolute Gasteiger partial charge is 0.469 e. The normalized spacial score (nSPS) is 9.94. The molecule has 1 aromatic carbocycles. The fourth-order valence-corrected chi connectivity index (χ4v) is 1.93. The summed E-state index contributed by atoms with van der Waals surface area (Å²) in [5.74, 6) is -0.391. The Morgan fingerprint density at radius 3 is 2.67 bits per heavy atom. The van der Waals surface area contributed by atoms with Gasteiger partial charge in [-0.2, -0.15) is 0 Å². The first-order valence-corrected chi connectivity index (χ1v) is 6.49. The first-order valence-electron chi connectivity index (χ1n) is 5.70. The molecule has 0 aromatic heterocycles. The lowest BCUT2D eigenvalue weighted by Crippen LogP contribution is -2.33. The predicted molar refractivity (Wildman–Crippen MR) is 72.4 cm³/mol. The molecule has 1 rings (SSSR count). The topological polar surface area (TPSA) is 46.6 Å². The molecule has 18 heavy (non-hydrogen) atoms. The number of carbonyl (C=O) groups is 2. The summed E-state index contributed by atoms with van der Waals surface area (Å²) in [7, 11) is 1.34. The Kier molecular flexibility index (Phi) is 5.85. The summed E-state index contributed by atoms with van der Waals surface area (Å²) in [5, 5.41) is 0. The average molecular weight is 314 g/mol. The van der Waals surface area contributed by atoms with Crippen LogP contribution in [-0.2, 0) is 9.53 Å². The van der Waals surface area contributed by atoms with Crippen LogP contribution < -0.4 is 0 Å². The number of hydrogen-bond donors (Lipinski definition) is 0. The van der Waals surface area contributed by atoms with Crippen LogP contribution in [0.3, 0.4) is 0 Å². The Labute approximate surface area is 115 Å². The number of esters is 1. The highest BCUT2D eigenvalue weighted by atomic mass is 79.9. The molecule has 0 saturated carbocycles. The van der Waals surface area contributed by atoms with Crippen molar-refractivity contribution in [3.63, 3.8) is 0 Å². The van der Waals surface area contributed by atoms with Crippen LogP contribution in [0.25, 0.3) is 0 Å². The molecule has 0 saturated heterocycles. The van der Waals surface area contributed by atoms with Crippen molar-refractivity contribution in [2.75, 3.05) is 20.2 Å². The van der Waals surface area contributed by atoms with Crippen molar-refractivity contribution < 1.29 is 14.3 Å². The van der Waals surface area contributed by atoms with Gasteiger partial charge in [0.05, 0.1) is 13.5 Å². The maximum atomic E-state index is 12.2. The Balaban J connectivity index is 2.70. The van der Waals surface area contributed by atoms with Crippen LogP contribution in [0.15, 0.2) is 28.7 Å². The number of nitrogens with zero attached hydrogens (tertiary/aromatic N) is 1. The molecule has 0 aliphatic carbocycles. The molecule has 4 nitrogen and oxygen atoms in total. The number of benzene rings is 1. The van der Waals surface area contributed by atoms with Crippen LogP contribution in [0.1, 0.15) is 23.7 Å². The molecule has 0 bridgehead atoms. The minimum atomic E-state index is -0.310. The van der Waals surface area contributed by atoms with E-state index < -0.39 is 0 Å². The molecular formula is C13H16BrNO3. The third-order valence-electron chi connectivity index (χ3n) is 2.55. The van der Waals surface area contributed by atoms with Crippen LogP contribution in [-0.4, -0.2) is 37.0 Å². The van der Waals surface area contributed by atoms with Gasteiger partial charge in [0, 0.05) is 23.1 Å². The molecule has 0 radical (unpaired) electrons. The molecule has 0 atom stereocenters. The summed E-state index contributed by atoms with van der Waals surface area (Å²) in [6.07, 6.45) is 0.212. The highest BCUT2D eigenvalue weighted by molar-refractivity contribution is 9.10. The van der Waals surface area contributed by atoms with Crippen LogP contribution in [0.2, 0.25) is 0 Å². The minimum absolute atomic E-state index is 0.0808. The van der Waals surface area contributed by atoms with E-state index in [-0.39, 0.29) is 18.3 Å². The zero-order valence-electron chi connectivity index (χ0n) is 10.5. The third kappa shape index (κ3) is 4.14. The Bertz CT molecular complexity index is 434. The van der Waals surface area contributed by atoms with E-state index in [1.165, 1.54) is 7.11 Å². The van der Waals surface area contributed by atoms with E-state index >= 15 is 0 Å². The lowest BCUT2D eigenvalue weighted by Gasteiger charge is -2.20. The summed E-state index contributed by atoms with van der Waals surface area (Å²) in [5.41, 5.74) is 0.607. The van der Waals surface area contributed by atoms with E-state index in [0.717, 1.165) is 4.47 Å². The Hall–Kier alpha value is -1.36. The van der Waals surface area contributed by atoms with Gasteiger partial charge in [-0.05, 0) is 25.1 Å². The number of amides is 1. The fourth-order valence-electron chi connectivity index (χ4n) is 1.54. The fraction of sp³-hybridized carbons (Fsp3) is 0.385. The molecule has 0 aliphatic rings. The zero-order chi connectivity index (χ0) is 13.5. The molecule has 1 aromatic rings. The molecule has 0 spiro atoms. The summed E-state index contributed by atoms with van der Waals surface area (Å²) in [6, 6.07) is 7.20. The molecule has 5 heteroatoms. The molecule has 0 heterocycles. The van der Waals surface area contributed by atoms with E-state index in [4.69, 9.17) is 0 Å². The molecular weight excluding hydrogens is 298 g/mol. The van der Waals surface area contributed by atoms with Crippen molar-refractivity contribution in [1.82, 2.24) is 4.90 Å². The number of carbonyl (C=O) groups excluding carboxylic acids is 2. The van der Waals surface area contributed by atoms with Gasteiger partial charge >= 0.3 is 5.97 Å². The molecule has 98 valence electrons. The number of ether oxygens (including phenoxy) is 1. The van der Waals surface area contributed by atoms with Gasteiger partial charge in [0.25, 0.3) is 5.91 Å². The first-order chi connectivity index (χ1) is 8.58. The van der Waals surface area contributed by atoms with Crippen molar-refractivity contribution >= 4 is 27.8 Å². The first kappa shape index (κ1) is 14.7. The van der Waals surface area contributed by atoms with Gasteiger partial charge in [-0.15, -0.1) is 0 Å². The van der Waals surface area contributed by atoms with Gasteiger partial charge in [-0.1, -0.05) is 22.0 Å². The number of methoxy groups -OCH3 is 1.